The quantitative estimate of drug-likeness (QED) is 0.393. The smallest absolute Gasteiger partial charge is 0.230 e. The van der Waals surface area contributed by atoms with Crippen molar-refractivity contribution in [1.29, 1.82) is 0 Å². The molecule has 0 heterocycles. The number of guanidine groups is 1. The average molecular weight is 484 g/mol. The van der Waals surface area contributed by atoms with Gasteiger partial charge >= 0.3 is 0 Å². The molecule has 1 atom stereocenters. The van der Waals surface area contributed by atoms with Crippen LogP contribution in [0.3, 0.4) is 0 Å². The summed E-state index contributed by atoms with van der Waals surface area (Å²) < 4.78 is 0. The van der Waals surface area contributed by atoms with Gasteiger partial charge in [-0.1, -0.05) is 37.1 Å². The molecule has 6 heteroatoms. The topological polar surface area (TPSA) is 56.7 Å². The molecule has 2 N–H and O–H groups in total. The predicted molar refractivity (Wildman–Crippen MR) is 122 cm³/mol. The number of halogens is 1. The van der Waals surface area contributed by atoms with Gasteiger partial charge in [0.2, 0.25) is 5.91 Å². The van der Waals surface area contributed by atoms with Crippen molar-refractivity contribution in [3.8, 4) is 0 Å². The Labute approximate surface area is 180 Å². The monoisotopic (exact) mass is 484 g/mol. The lowest BCUT2D eigenvalue weighted by Crippen LogP contribution is -2.51. The first-order valence-corrected chi connectivity index (χ1v) is 9.80. The Morgan fingerprint density at radius 1 is 1.22 bits per heavy atom. The summed E-state index contributed by atoms with van der Waals surface area (Å²) in [6.45, 7) is 0.660. The summed E-state index contributed by atoms with van der Waals surface area (Å²) in [5, 5.41) is 7.02. The van der Waals surface area contributed by atoms with Gasteiger partial charge in [-0.15, -0.1) is 24.0 Å². The van der Waals surface area contributed by atoms with E-state index in [1.807, 2.05) is 14.1 Å². The van der Waals surface area contributed by atoms with Crippen LogP contribution in [0.2, 0.25) is 0 Å². The molecule has 0 aliphatic heterocycles. The Morgan fingerprint density at radius 2 is 1.89 bits per heavy atom. The van der Waals surface area contributed by atoms with Gasteiger partial charge in [-0.2, -0.15) is 0 Å². The number of carbonyl (C=O) groups excluding carboxylic acids is 1. The minimum Gasteiger partial charge on any atom is -0.355 e. The summed E-state index contributed by atoms with van der Waals surface area (Å²) in [5.74, 6) is 1.05. The molecule has 5 nitrogen and oxygen atoms in total. The fourth-order valence-electron chi connectivity index (χ4n) is 4.45. The maximum absolute atomic E-state index is 12.7. The highest BCUT2D eigenvalue weighted by atomic mass is 127. The summed E-state index contributed by atoms with van der Waals surface area (Å²) in [4.78, 5) is 18.9. The largest absolute Gasteiger partial charge is 0.355 e. The van der Waals surface area contributed by atoms with E-state index < -0.39 is 0 Å². The van der Waals surface area contributed by atoms with Crippen LogP contribution in [0.15, 0.2) is 29.3 Å². The molecule has 150 valence electrons. The van der Waals surface area contributed by atoms with Gasteiger partial charge in [0.1, 0.15) is 0 Å². The summed E-state index contributed by atoms with van der Waals surface area (Å²) in [5.41, 5.74) is 2.62. The van der Waals surface area contributed by atoms with Crippen molar-refractivity contribution in [3.63, 3.8) is 0 Å². The highest BCUT2D eigenvalue weighted by Crippen LogP contribution is 2.38. The molecule has 1 aromatic carbocycles. The van der Waals surface area contributed by atoms with Crippen LogP contribution in [0.5, 0.6) is 0 Å². The zero-order valence-electron chi connectivity index (χ0n) is 16.8. The zero-order valence-corrected chi connectivity index (χ0v) is 19.1. The van der Waals surface area contributed by atoms with Crippen molar-refractivity contribution in [3.05, 3.63) is 35.4 Å². The standard InChI is InChI=1S/C21H32N4O.HI/c1-22-20(23-15-21(12-6-7-13-21)19(26)25(2)3)24-18-11-10-16-8-4-5-9-17(16)14-18;/h4-5,8-9,18H,6-7,10-15H2,1-3H3,(H2,22,23,24);1H. The van der Waals surface area contributed by atoms with E-state index in [4.69, 9.17) is 0 Å². The lowest BCUT2D eigenvalue weighted by atomic mass is 9.84. The van der Waals surface area contributed by atoms with Crippen molar-refractivity contribution in [1.82, 2.24) is 15.5 Å². The second-order valence-electron chi connectivity index (χ2n) is 7.97. The van der Waals surface area contributed by atoms with Gasteiger partial charge in [0.15, 0.2) is 5.96 Å². The van der Waals surface area contributed by atoms with Gasteiger partial charge in [-0.25, -0.2) is 0 Å². The molecule has 0 saturated heterocycles. The van der Waals surface area contributed by atoms with Crippen LogP contribution in [0, 0.1) is 5.41 Å². The first kappa shape index (κ1) is 22.0. The highest BCUT2D eigenvalue weighted by molar-refractivity contribution is 14.0. The van der Waals surface area contributed by atoms with Gasteiger partial charge in [-0.3, -0.25) is 9.79 Å². The van der Waals surface area contributed by atoms with Gasteiger partial charge < -0.3 is 15.5 Å². The van der Waals surface area contributed by atoms with Crippen LogP contribution in [0.4, 0.5) is 0 Å². The first-order chi connectivity index (χ1) is 12.5. The molecule has 27 heavy (non-hydrogen) atoms. The molecule has 1 unspecified atom stereocenters. The second kappa shape index (κ2) is 9.75. The fourth-order valence-corrected chi connectivity index (χ4v) is 4.45. The van der Waals surface area contributed by atoms with Crippen LogP contribution >= 0.6 is 24.0 Å². The minimum atomic E-state index is -0.277. The molecule has 0 aromatic heterocycles. The number of hydrogen-bond acceptors (Lipinski definition) is 2. The van der Waals surface area contributed by atoms with Crippen LogP contribution in [0.25, 0.3) is 0 Å². The van der Waals surface area contributed by atoms with Crippen molar-refractivity contribution in [2.45, 2.75) is 51.0 Å². The number of amides is 1. The summed E-state index contributed by atoms with van der Waals surface area (Å²) in [7, 11) is 5.52. The van der Waals surface area contributed by atoms with Gasteiger partial charge in [-0.05, 0) is 43.2 Å². The molecule has 2 aliphatic rings. The Morgan fingerprint density at radius 3 is 2.52 bits per heavy atom. The Balaban J connectivity index is 0.00000261. The second-order valence-corrected chi connectivity index (χ2v) is 7.97. The van der Waals surface area contributed by atoms with E-state index in [0.29, 0.717) is 12.6 Å². The van der Waals surface area contributed by atoms with Crippen LogP contribution in [-0.2, 0) is 17.6 Å². The summed E-state index contributed by atoms with van der Waals surface area (Å²) in [6.07, 6.45) is 7.43. The molecule has 1 aromatic rings. The van der Waals surface area contributed by atoms with Gasteiger partial charge in [0, 0.05) is 33.7 Å². The molecule has 0 radical (unpaired) electrons. The Hall–Kier alpha value is -1.31. The molecule has 0 spiro atoms. The summed E-state index contributed by atoms with van der Waals surface area (Å²) >= 11 is 0. The minimum absolute atomic E-state index is 0. The van der Waals surface area contributed by atoms with E-state index in [1.165, 1.54) is 11.1 Å². The molecule has 1 fully saturated rings. The third kappa shape index (κ3) is 5.15. The van der Waals surface area contributed by atoms with Crippen molar-refractivity contribution >= 4 is 35.8 Å². The number of carbonyl (C=O) groups is 1. The van der Waals surface area contributed by atoms with Crippen molar-refractivity contribution < 1.29 is 4.79 Å². The first-order valence-electron chi connectivity index (χ1n) is 9.80. The van der Waals surface area contributed by atoms with E-state index in [-0.39, 0.29) is 35.3 Å². The summed E-state index contributed by atoms with van der Waals surface area (Å²) in [6, 6.07) is 9.08. The van der Waals surface area contributed by atoms with Gasteiger partial charge in [0.25, 0.3) is 0 Å². The maximum Gasteiger partial charge on any atom is 0.230 e. The fraction of sp³-hybridized carbons (Fsp3) is 0.619. The SMILES string of the molecule is CN=C(NCC1(C(=O)N(C)C)CCCC1)NC1CCc2ccccc2C1.I. The number of nitrogens with zero attached hydrogens (tertiary/aromatic N) is 2. The number of benzene rings is 1. The number of rotatable bonds is 4. The number of nitrogens with one attached hydrogen (secondary N) is 2. The molecule has 3 rings (SSSR count). The van der Waals surface area contributed by atoms with Crippen LogP contribution in [0.1, 0.15) is 43.2 Å². The predicted octanol–water partition coefficient (Wildman–Crippen LogP) is 2.98. The lowest BCUT2D eigenvalue weighted by Gasteiger charge is -2.32. The maximum atomic E-state index is 12.7. The molecule has 1 saturated carbocycles. The molecule has 0 bridgehead atoms. The van der Waals surface area contributed by atoms with Crippen molar-refractivity contribution in [2.24, 2.45) is 10.4 Å². The number of fused-ring (bicyclic) bond motifs is 1. The van der Waals surface area contributed by atoms with Crippen LogP contribution in [-0.4, -0.2) is 50.5 Å². The normalized spacial score (nSPS) is 21.0. The van der Waals surface area contributed by atoms with E-state index in [2.05, 4.69) is 39.9 Å². The van der Waals surface area contributed by atoms with E-state index in [9.17, 15) is 4.79 Å². The molecule has 2 aliphatic carbocycles. The molecular weight excluding hydrogens is 451 g/mol. The Kier molecular flexibility index (Phi) is 7.94. The highest BCUT2D eigenvalue weighted by Gasteiger charge is 2.42. The van der Waals surface area contributed by atoms with Gasteiger partial charge in [0.05, 0.1) is 5.41 Å². The lowest BCUT2D eigenvalue weighted by molar-refractivity contribution is -0.138. The average Bonchev–Trinajstić information content (AvgIpc) is 3.14. The third-order valence-corrected chi connectivity index (χ3v) is 5.93. The molecule has 1 amide bonds. The van der Waals surface area contributed by atoms with E-state index >= 15 is 0 Å². The number of aliphatic imine (C=N–C) groups is 1. The zero-order chi connectivity index (χ0) is 18.6. The number of aryl methyl sites for hydroxylation is 1. The van der Waals surface area contributed by atoms with E-state index in [1.54, 1.807) is 11.9 Å². The Bertz CT molecular complexity index is 668. The van der Waals surface area contributed by atoms with Crippen LogP contribution < -0.4 is 10.6 Å². The third-order valence-electron chi connectivity index (χ3n) is 5.93. The van der Waals surface area contributed by atoms with Crippen molar-refractivity contribution in [2.75, 3.05) is 27.7 Å². The van der Waals surface area contributed by atoms with E-state index in [0.717, 1.165) is 50.9 Å². The molecular formula is C21H33IN4O. The number of hydrogen-bond donors (Lipinski definition) is 2.